The van der Waals surface area contributed by atoms with Crippen LogP contribution in [0, 0.1) is 0 Å². The van der Waals surface area contributed by atoms with E-state index in [4.69, 9.17) is 4.18 Å². The molecule has 0 bridgehead atoms. The largest absolute Gasteiger partial charge is 0.416 e. The van der Waals surface area contributed by atoms with Crippen LogP contribution in [0.25, 0.3) is 0 Å². The minimum Gasteiger partial charge on any atom is -0.379 e. The topological polar surface area (TPSA) is 43.4 Å². The fourth-order valence-corrected chi connectivity index (χ4v) is 2.93. The first-order chi connectivity index (χ1) is 10.9. The summed E-state index contributed by atoms with van der Waals surface area (Å²) in [6, 6.07) is 9.70. The molecule has 0 spiro atoms. The lowest BCUT2D eigenvalue weighted by Gasteiger charge is -2.19. The molecule has 0 N–H and O–H groups in total. The first-order valence-electron chi connectivity index (χ1n) is 7.12. The van der Waals surface area contributed by atoms with Crippen LogP contribution < -0.4 is 4.18 Å². The van der Waals surface area contributed by atoms with Crippen LogP contribution in [0.5, 0.6) is 5.75 Å². The Morgan fingerprint density at radius 3 is 1.67 bits per heavy atom. The number of rotatable bonds is 3. The Bertz CT molecular complexity index is 800. The number of alkyl halides is 3. The summed E-state index contributed by atoms with van der Waals surface area (Å²) in [7, 11) is -4.19. The van der Waals surface area contributed by atoms with Crippen molar-refractivity contribution in [2.24, 2.45) is 0 Å². The van der Waals surface area contributed by atoms with E-state index in [1.165, 1.54) is 12.1 Å². The molecule has 0 heterocycles. The van der Waals surface area contributed by atoms with Crippen molar-refractivity contribution in [3.63, 3.8) is 0 Å². The summed E-state index contributed by atoms with van der Waals surface area (Å²) in [5.74, 6) is 0.0999. The molecular formula is C17H17F3O3S. The normalized spacial score (nSPS) is 12.9. The first kappa shape index (κ1) is 18.3. The molecule has 0 aliphatic heterocycles. The van der Waals surface area contributed by atoms with Crippen molar-refractivity contribution >= 4 is 10.1 Å². The number of hydrogen-bond acceptors (Lipinski definition) is 3. The van der Waals surface area contributed by atoms with Crippen LogP contribution in [-0.4, -0.2) is 8.42 Å². The molecular weight excluding hydrogens is 341 g/mol. The molecule has 0 fully saturated rings. The number of benzene rings is 2. The molecule has 2 rings (SSSR count). The van der Waals surface area contributed by atoms with E-state index in [2.05, 4.69) is 0 Å². The van der Waals surface area contributed by atoms with E-state index < -0.39 is 21.9 Å². The minimum atomic E-state index is -4.52. The van der Waals surface area contributed by atoms with E-state index in [1.807, 2.05) is 20.8 Å². The lowest BCUT2D eigenvalue weighted by Crippen LogP contribution is -2.12. The van der Waals surface area contributed by atoms with Crippen LogP contribution in [0.1, 0.15) is 31.9 Å². The Hall–Kier alpha value is -2.02. The summed E-state index contributed by atoms with van der Waals surface area (Å²) in [6.45, 7) is 6.05. The second kappa shape index (κ2) is 6.12. The Balaban J connectivity index is 2.22. The van der Waals surface area contributed by atoms with Crippen molar-refractivity contribution in [2.45, 2.75) is 37.3 Å². The summed E-state index contributed by atoms with van der Waals surface area (Å²) < 4.78 is 66.8. The highest BCUT2D eigenvalue weighted by atomic mass is 32.2. The van der Waals surface area contributed by atoms with Gasteiger partial charge in [-0.3, -0.25) is 0 Å². The van der Waals surface area contributed by atoms with Crippen molar-refractivity contribution in [1.82, 2.24) is 0 Å². The minimum absolute atomic E-state index is 0.0924. The molecule has 130 valence electrons. The zero-order valence-electron chi connectivity index (χ0n) is 13.4. The van der Waals surface area contributed by atoms with Gasteiger partial charge in [-0.25, -0.2) is 0 Å². The third kappa shape index (κ3) is 4.29. The SMILES string of the molecule is CC(C)(C)c1ccc(OS(=O)(=O)c2ccc(C(F)(F)F)cc2)cc1. The average molecular weight is 358 g/mol. The van der Waals surface area contributed by atoms with E-state index in [-0.39, 0.29) is 16.1 Å². The predicted molar refractivity (Wildman–Crippen MR) is 84.4 cm³/mol. The molecule has 0 atom stereocenters. The summed E-state index contributed by atoms with van der Waals surface area (Å²) in [4.78, 5) is -0.338. The summed E-state index contributed by atoms with van der Waals surface area (Å²) in [5.41, 5.74) is -0.0112. The Morgan fingerprint density at radius 1 is 0.792 bits per heavy atom. The summed E-state index contributed by atoms with van der Waals surface area (Å²) in [6.07, 6.45) is -4.52. The third-order valence-electron chi connectivity index (χ3n) is 3.40. The number of hydrogen-bond donors (Lipinski definition) is 0. The molecule has 3 nitrogen and oxygen atoms in total. The van der Waals surface area contributed by atoms with Gasteiger partial charge in [-0.15, -0.1) is 0 Å². The van der Waals surface area contributed by atoms with Crippen LogP contribution >= 0.6 is 0 Å². The summed E-state index contributed by atoms with van der Waals surface area (Å²) in [5, 5.41) is 0. The molecule has 2 aromatic rings. The highest BCUT2D eigenvalue weighted by Gasteiger charge is 2.30. The van der Waals surface area contributed by atoms with Gasteiger partial charge in [-0.2, -0.15) is 21.6 Å². The Morgan fingerprint density at radius 2 is 1.25 bits per heavy atom. The molecule has 0 aliphatic rings. The van der Waals surface area contributed by atoms with Crippen molar-refractivity contribution in [3.8, 4) is 5.75 Å². The van der Waals surface area contributed by atoms with E-state index in [0.717, 1.165) is 17.7 Å². The van der Waals surface area contributed by atoms with Gasteiger partial charge in [0.15, 0.2) is 0 Å². The van der Waals surface area contributed by atoms with Gasteiger partial charge in [0.2, 0.25) is 0 Å². The van der Waals surface area contributed by atoms with Gasteiger partial charge in [-0.1, -0.05) is 32.9 Å². The van der Waals surface area contributed by atoms with Crippen molar-refractivity contribution in [2.75, 3.05) is 0 Å². The Labute approximate surface area is 139 Å². The lowest BCUT2D eigenvalue weighted by atomic mass is 9.87. The quantitative estimate of drug-likeness (QED) is 0.742. The fraction of sp³-hybridized carbons (Fsp3) is 0.294. The van der Waals surface area contributed by atoms with Crippen molar-refractivity contribution in [3.05, 3.63) is 59.7 Å². The van der Waals surface area contributed by atoms with E-state index in [1.54, 1.807) is 12.1 Å². The van der Waals surface area contributed by atoms with Crippen LogP contribution in [0.4, 0.5) is 13.2 Å². The maximum Gasteiger partial charge on any atom is 0.416 e. The highest BCUT2D eigenvalue weighted by Crippen LogP contribution is 2.30. The molecule has 0 unspecified atom stereocenters. The van der Waals surface area contributed by atoms with Crippen LogP contribution in [-0.2, 0) is 21.7 Å². The van der Waals surface area contributed by atoms with Crippen molar-refractivity contribution < 1.29 is 25.8 Å². The second-order valence-corrected chi connectivity index (χ2v) is 7.88. The molecule has 0 aromatic heterocycles. The maximum atomic E-state index is 12.5. The predicted octanol–water partition coefficient (Wildman–Crippen LogP) is 4.77. The zero-order valence-corrected chi connectivity index (χ0v) is 14.2. The van der Waals surface area contributed by atoms with Gasteiger partial charge in [0.25, 0.3) is 0 Å². The second-order valence-electron chi connectivity index (χ2n) is 6.33. The molecule has 0 saturated heterocycles. The van der Waals surface area contributed by atoms with Gasteiger partial charge in [0.1, 0.15) is 10.6 Å². The lowest BCUT2D eigenvalue weighted by molar-refractivity contribution is -0.137. The molecule has 7 heteroatoms. The smallest absolute Gasteiger partial charge is 0.379 e. The van der Waals surface area contributed by atoms with E-state index in [9.17, 15) is 21.6 Å². The first-order valence-corrected chi connectivity index (χ1v) is 8.53. The number of halogens is 3. The highest BCUT2D eigenvalue weighted by molar-refractivity contribution is 7.87. The van der Waals surface area contributed by atoms with Gasteiger partial charge < -0.3 is 4.18 Å². The van der Waals surface area contributed by atoms with Gasteiger partial charge in [0, 0.05) is 0 Å². The monoisotopic (exact) mass is 358 g/mol. The van der Waals surface area contributed by atoms with Crippen LogP contribution in [0.2, 0.25) is 0 Å². The average Bonchev–Trinajstić information content (AvgIpc) is 2.46. The van der Waals surface area contributed by atoms with Gasteiger partial charge >= 0.3 is 16.3 Å². The molecule has 0 saturated carbocycles. The van der Waals surface area contributed by atoms with Crippen molar-refractivity contribution in [1.29, 1.82) is 0 Å². The Kier molecular flexibility index (Phi) is 4.68. The van der Waals surface area contributed by atoms with Gasteiger partial charge in [0.05, 0.1) is 5.56 Å². The van der Waals surface area contributed by atoms with Crippen LogP contribution in [0.3, 0.4) is 0 Å². The van der Waals surface area contributed by atoms with Crippen LogP contribution in [0.15, 0.2) is 53.4 Å². The zero-order chi connectivity index (χ0) is 18.2. The summed E-state index contributed by atoms with van der Waals surface area (Å²) >= 11 is 0. The van der Waals surface area contributed by atoms with Gasteiger partial charge in [-0.05, 0) is 47.4 Å². The third-order valence-corrected chi connectivity index (χ3v) is 4.66. The molecule has 0 aliphatic carbocycles. The maximum absolute atomic E-state index is 12.5. The molecule has 24 heavy (non-hydrogen) atoms. The molecule has 0 radical (unpaired) electrons. The molecule has 0 amide bonds. The standard InChI is InChI=1S/C17H17F3O3S/c1-16(2,3)12-4-8-14(9-5-12)23-24(21,22)15-10-6-13(7-11-15)17(18,19)20/h4-11H,1-3H3. The fourth-order valence-electron chi connectivity index (χ4n) is 2.00. The van der Waals surface area contributed by atoms with E-state index >= 15 is 0 Å². The van der Waals surface area contributed by atoms with E-state index in [0.29, 0.717) is 12.1 Å². The molecule has 2 aromatic carbocycles.